The Morgan fingerprint density at radius 2 is 2.25 bits per heavy atom. The number of urea groups is 1. The highest BCUT2D eigenvalue weighted by atomic mass is 19.1. The highest BCUT2D eigenvalue weighted by molar-refractivity contribution is 5.95. The minimum atomic E-state index is -1.32. The molecule has 2 aliphatic heterocycles. The predicted octanol–water partition coefficient (Wildman–Crippen LogP) is 0.738. The molecule has 6 nitrogen and oxygen atoms in total. The fourth-order valence-corrected chi connectivity index (χ4v) is 2.68. The van der Waals surface area contributed by atoms with Gasteiger partial charge in [-0.15, -0.1) is 0 Å². The molecule has 2 amide bonds. The molecule has 2 fully saturated rings. The highest BCUT2D eigenvalue weighted by Crippen LogP contribution is 2.26. The zero-order chi connectivity index (χ0) is 14.3. The number of nitrogens with zero attached hydrogens (tertiary/aromatic N) is 2. The van der Waals surface area contributed by atoms with Crippen molar-refractivity contribution in [1.29, 1.82) is 0 Å². The number of fused-ring (bicyclic) bond motifs is 1. The Hall–Kier alpha value is -2.15. The zero-order valence-corrected chi connectivity index (χ0v) is 10.7. The van der Waals surface area contributed by atoms with Crippen molar-refractivity contribution in [3.05, 3.63) is 29.6 Å². The lowest BCUT2D eigenvalue weighted by Crippen LogP contribution is -2.49. The number of carboxylic acid groups (broad SMARTS) is 1. The fraction of sp³-hybridized carbons (Fsp3) is 0.385. The van der Waals surface area contributed by atoms with Gasteiger partial charge >= 0.3 is 12.0 Å². The molecule has 2 N–H and O–H groups in total. The van der Waals surface area contributed by atoms with E-state index in [1.54, 1.807) is 4.90 Å². The maximum atomic E-state index is 13.7. The fourth-order valence-electron chi connectivity index (χ4n) is 2.68. The van der Waals surface area contributed by atoms with Crippen molar-refractivity contribution in [2.75, 3.05) is 31.1 Å². The molecule has 0 aromatic heterocycles. The number of hydrogen-bond acceptors (Lipinski definition) is 3. The van der Waals surface area contributed by atoms with Crippen LogP contribution in [-0.2, 0) is 0 Å². The van der Waals surface area contributed by atoms with E-state index in [4.69, 9.17) is 5.11 Å². The number of carbonyl (C=O) groups is 2. The average molecular weight is 279 g/mol. The van der Waals surface area contributed by atoms with E-state index in [0.29, 0.717) is 18.8 Å². The summed E-state index contributed by atoms with van der Waals surface area (Å²) in [5, 5.41) is 12.0. The molecule has 0 unspecified atom stereocenters. The monoisotopic (exact) mass is 279 g/mol. The van der Waals surface area contributed by atoms with Crippen LogP contribution in [0.1, 0.15) is 10.4 Å². The number of amides is 2. The SMILES string of the molecule is O=C(O)c1ccc(N2C[C@@H]3CNCCN3C2=O)cc1F. The first-order valence-corrected chi connectivity index (χ1v) is 6.39. The molecule has 106 valence electrons. The summed E-state index contributed by atoms with van der Waals surface area (Å²) in [6.45, 7) is 2.59. The van der Waals surface area contributed by atoms with Crippen molar-refractivity contribution in [3.8, 4) is 0 Å². The van der Waals surface area contributed by atoms with Crippen molar-refractivity contribution in [3.63, 3.8) is 0 Å². The Bertz CT molecular complexity index is 578. The number of halogens is 1. The Kier molecular flexibility index (Phi) is 3.06. The number of rotatable bonds is 2. The van der Waals surface area contributed by atoms with Crippen LogP contribution in [-0.4, -0.2) is 54.2 Å². The van der Waals surface area contributed by atoms with Crippen molar-refractivity contribution < 1.29 is 19.1 Å². The van der Waals surface area contributed by atoms with Crippen LogP contribution in [0.5, 0.6) is 0 Å². The van der Waals surface area contributed by atoms with Gasteiger partial charge in [-0.3, -0.25) is 4.90 Å². The average Bonchev–Trinajstić information content (AvgIpc) is 2.76. The first kappa shape index (κ1) is 12.9. The van der Waals surface area contributed by atoms with Crippen molar-refractivity contribution in [1.82, 2.24) is 10.2 Å². The standard InChI is InChI=1S/C13H14FN3O3/c14-11-5-8(1-2-10(11)12(18)19)17-7-9-6-15-3-4-16(9)13(17)20/h1-2,5,9,15H,3-4,6-7H2,(H,18,19)/t9-/m0/s1. The van der Waals surface area contributed by atoms with Crippen LogP contribution in [0.15, 0.2) is 18.2 Å². The second-order valence-electron chi connectivity index (χ2n) is 4.91. The summed E-state index contributed by atoms with van der Waals surface area (Å²) in [5.41, 5.74) is 0.00619. The number of carbonyl (C=O) groups excluding carboxylic acids is 1. The van der Waals surface area contributed by atoms with E-state index >= 15 is 0 Å². The number of aromatic carboxylic acids is 1. The molecule has 1 aromatic rings. The normalized spacial score (nSPS) is 22.1. The van der Waals surface area contributed by atoms with E-state index in [9.17, 15) is 14.0 Å². The molecular formula is C13H14FN3O3. The molecule has 0 spiro atoms. The van der Waals surface area contributed by atoms with Crippen molar-refractivity contribution >= 4 is 17.7 Å². The number of carboxylic acids is 1. The molecule has 2 saturated heterocycles. The molecule has 0 radical (unpaired) electrons. The summed E-state index contributed by atoms with van der Waals surface area (Å²) >= 11 is 0. The quantitative estimate of drug-likeness (QED) is 0.837. The zero-order valence-electron chi connectivity index (χ0n) is 10.7. The third kappa shape index (κ3) is 2.00. The summed E-state index contributed by atoms with van der Waals surface area (Å²) in [5.74, 6) is -2.14. The molecule has 0 saturated carbocycles. The highest BCUT2D eigenvalue weighted by Gasteiger charge is 2.39. The van der Waals surface area contributed by atoms with Gasteiger partial charge in [0, 0.05) is 31.9 Å². The van der Waals surface area contributed by atoms with Crippen LogP contribution in [0, 0.1) is 5.82 Å². The Balaban J connectivity index is 1.88. The number of benzene rings is 1. The van der Waals surface area contributed by atoms with Gasteiger partial charge < -0.3 is 15.3 Å². The van der Waals surface area contributed by atoms with Gasteiger partial charge in [-0.05, 0) is 18.2 Å². The molecule has 1 aromatic carbocycles. The molecule has 3 rings (SSSR count). The van der Waals surface area contributed by atoms with Crippen LogP contribution in [0.3, 0.4) is 0 Å². The molecule has 2 heterocycles. The van der Waals surface area contributed by atoms with E-state index < -0.39 is 11.8 Å². The van der Waals surface area contributed by atoms with Crippen LogP contribution in [0.2, 0.25) is 0 Å². The molecule has 20 heavy (non-hydrogen) atoms. The maximum absolute atomic E-state index is 13.7. The summed E-state index contributed by atoms with van der Waals surface area (Å²) in [7, 11) is 0. The van der Waals surface area contributed by atoms with E-state index in [2.05, 4.69) is 5.32 Å². The van der Waals surface area contributed by atoms with Gasteiger partial charge in [-0.25, -0.2) is 14.0 Å². The van der Waals surface area contributed by atoms with Crippen LogP contribution in [0.4, 0.5) is 14.9 Å². The largest absolute Gasteiger partial charge is 0.478 e. The first-order chi connectivity index (χ1) is 9.58. The minimum absolute atomic E-state index is 0.0819. The maximum Gasteiger partial charge on any atom is 0.338 e. The summed E-state index contributed by atoms with van der Waals surface area (Å²) in [4.78, 5) is 26.3. The number of hydrogen-bond donors (Lipinski definition) is 2. The lowest BCUT2D eigenvalue weighted by atomic mass is 10.2. The topological polar surface area (TPSA) is 72.9 Å². The molecule has 1 atom stereocenters. The van der Waals surface area contributed by atoms with Crippen LogP contribution >= 0.6 is 0 Å². The Morgan fingerprint density at radius 3 is 2.90 bits per heavy atom. The number of piperazine rings is 1. The second kappa shape index (κ2) is 4.75. The van der Waals surface area contributed by atoms with Crippen LogP contribution in [0.25, 0.3) is 0 Å². The first-order valence-electron chi connectivity index (χ1n) is 6.39. The van der Waals surface area contributed by atoms with Gasteiger partial charge in [0.05, 0.1) is 11.6 Å². The molecule has 0 bridgehead atoms. The lowest BCUT2D eigenvalue weighted by Gasteiger charge is -2.28. The lowest BCUT2D eigenvalue weighted by molar-refractivity contribution is 0.0692. The van der Waals surface area contributed by atoms with Gasteiger partial charge in [-0.1, -0.05) is 0 Å². The number of nitrogens with one attached hydrogen (secondary N) is 1. The predicted molar refractivity (Wildman–Crippen MR) is 69.5 cm³/mol. The van der Waals surface area contributed by atoms with Gasteiger partial charge in [0.2, 0.25) is 0 Å². The minimum Gasteiger partial charge on any atom is -0.478 e. The summed E-state index contributed by atoms with van der Waals surface area (Å²) in [6, 6.07) is 3.69. The Labute approximate surface area is 114 Å². The molecular weight excluding hydrogens is 265 g/mol. The van der Waals surface area contributed by atoms with Gasteiger partial charge in [0.15, 0.2) is 0 Å². The van der Waals surface area contributed by atoms with Gasteiger partial charge in [0.1, 0.15) is 5.82 Å². The summed E-state index contributed by atoms with van der Waals surface area (Å²) < 4.78 is 13.7. The molecule has 2 aliphatic rings. The molecule has 0 aliphatic carbocycles. The second-order valence-corrected chi connectivity index (χ2v) is 4.91. The van der Waals surface area contributed by atoms with Crippen molar-refractivity contribution in [2.45, 2.75) is 6.04 Å². The van der Waals surface area contributed by atoms with Gasteiger partial charge in [-0.2, -0.15) is 0 Å². The summed E-state index contributed by atoms with van der Waals surface area (Å²) in [6.07, 6.45) is 0. The third-order valence-electron chi connectivity index (χ3n) is 3.71. The Morgan fingerprint density at radius 1 is 1.45 bits per heavy atom. The van der Waals surface area contributed by atoms with Gasteiger partial charge in [0.25, 0.3) is 0 Å². The smallest absolute Gasteiger partial charge is 0.338 e. The van der Waals surface area contributed by atoms with E-state index in [1.165, 1.54) is 17.0 Å². The third-order valence-corrected chi connectivity index (χ3v) is 3.71. The van der Waals surface area contributed by atoms with E-state index in [0.717, 1.165) is 19.2 Å². The molecule has 7 heteroatoms. The van der Waals surface area contributed by atoms with E-state index in [1.807, 2.05) is 0 Å². The van der Waals surface area contributed by atoms with E-state index in [-0.39, 0.29) is 17.6 Å². The van der Waals surface area contributed by atoms with Crippen molar-refractivity contribution in [2.24, 2.45) is 0 Å². The number of anilines is 1. The van der Waals surface area contributed by atoms with Crippen LogP contribution < -0.4 is 10.2 Å².